The molecule has 6 heteroatoms. The quantitative estimate of drug-likeness (QED) is 0.410. The molecule has 0 aromatic heterocycles. The normalized spacial score (nSPS) is 25.9. The molecule has 2 fully saturated rings. The van der Waals surface area contributed by atoms with E-state index in [-0.39, 0.29) is 5.41 Å². The lowest BCUT2D eigenvalue weighted by atomic mass is 9.78. The highest BCUT2D eigenvalue weighted by molar-refractivity contribution is 5.79. The molecule has 2 atom stereocenters. The summed E-state index contributed by atoms with van der Waals surface area (Å²) in [5.41, 5.74) is 0.172. The molecule has 2 aliphatic rings. The van der Waals surface area contributed by atoms with E-state index in [4.69, 9.17) is 14.2 Å². The highest BCUT2D eigenvalue weighted by atomic mass is 16.5. The van der Waals surface area contributed by atoms with Crippen molar-refractivity contribution in [2.75, 3.05) is 46.6 Å². The first kappa shape index (κ1) is 21.5. The lowest BCUT2D eigenvalue weighted by molar-refractivity contribution is -0.0835. The van der Waals surface area contributed by atoms with Gasteiger partial charge in [-0.05, 0) is 37.5 Å². The lowest BCUT2D eigenvalue weighted by Crippen LogP contribution is -2.47. The second-order valence-corrected chi connectivity index (χ2v) is 8.48. The molecule has 2 saturated heterocycles. The van der Waals surface area contributed by atoms with Crippen molar-refractivity contribution in [3.8, 4) is 0 Å². The first-order chi connectivity index (χ1) is 12.5. The van der Waals surface area contributed by atoms with Crippen LogP contribution in [0.5, 0.6) is 0 Å². The Balaban J connectivity index is 1.62. The first-order valence-electron chi connectivity index (χ1n) is 10.3. The monoisotopic (exact) mass is 369 g/mol. The van der Waals surface area contributed by atoms with Crippen LogP contribution in [0.4, 0.5) is 0 Å². The molecule has 0 aromatic rings. The van der Waals surface area contributed by atoms with Crippen LogP contribution in [0.1, 0.15) is 52.9 Å². The van der Waals surface area contributed by atoms with Gasteiger partial charge < -0.3 is 24.8 Å². The summed E-state index contributed by atoms with van der Waals surface area (Å²) >= 11 is 0. The smallest absolute Gasteiger partial charge is 0.190 e. The molecule has 0 bridgehead atoms. The van der Waals surface area contributed by atoms with E-state index in [0.717, 1.165) is 71.2 Å². The summed E-state index contributed by atoms with van der Waals surface area (Å²) in [6.07, 6.45) is 6.06. The molecule has 152 valence electrons. The summed E-state index contributed by atoms with van der Waals surface area (Å²) in [6, 6.07) is 0. The third kappa shape index (κ3) is 7.41. The minimum Gasteiger partial charge on any atom is -0.381 e. The predicted octanol–water partition coefficient (Wildman–Crippen LogP) is 2.58. The summed E-state index contributed by atoms with van der Waals surface area (Å²) in [5, 5.41) is 6.88. The van der Waals surface area contributed by atoms with Crippen molar-refractivity contribution in [2.24, 2.45) is 16.3 Å². The lowest BCUT2D eigenvalue weighted by Gasteiger charge is -2.40. The van der Waals surface area contributed by atoms with Crippen LogP contribution in [0.2, 0.25) is 0 Å². The Kier molecular flexibility index (Phi) is 9.16. The van der Waals surface area contributed by atoms with Gasteiger partial charge in [0.25, 0.3) is 0 Å². The highest BCUT2D eigenvalue weighted by Crippen LogP contribution is 2.33. The summed E-state index contributed by atoms with van der Waals surface area (Å²) < 4.78 is 17.3. The number of ether oxygens (including phenoxy) is 3. The number of nitrogens with one attached hydrogen (secondary N) is 2. The van der Waals surface area contributed by atoms with Gasteiger partial charge in [0, 0.05) is 52.5 Å². The van der Waals surface area contributed by atoms with Gasteiger partial charge in [-0.3, -0.25) is 4.99 Å². The maximum atomic E-state index is 6.07. The standard InChI is InChI=1S/C20H39N3O3/c1-20(2,3)18-16(7-5-11-26-18)15-23-19(21-4)22-10-6-12-25-17-8-13-24-14-9-17/h16-18H,5-15H2,1-4H3,(H2,21,22,23). The van der Waals surface area contributed by atoms with Crippen molar-refractivity contribution in [3.63, 3.8) is 0 Å². The number of hydrogen-bond donors (Lipinski definition) is 2. The Labute approximate surface area is 159 Å². The van der Waals surface area contributed by atoms with E-state index in [9.17, 15) is 0 Å². The summed E-state index contributed by atoms with van der Waals surface area (Å²) in [7, 11) is 1.83. The van der Waals surface area contributed by atoms with Gasteiger partial charge >= 0.3 is 0 Å². The second-order valence-electron chi connectivity index (χ2n) is 8.48. The van der Waals surface area contributed by atoms with Gasteiger partial charge in [0.15, 0.2) is 5.96 Å². The van der Waals surface area contributed by atoms with Crippen LogP contribution in [0, 0.1) is 11.3 Å². The largest absolute Gasteiger partial charge is 0.381 e. The van der Waals surface area contributed by atoms with E-state index >= 15 is 0 Å². The third-order valence-corrected chi connectivity index (χ3v) is 5.19. The molecular weight excluding hydrogens is 330 g/mol. The van der Waals surface area contributed by atoms with E-state index in [1.807, 2.05) is 7.05 Å². The molecule has 0 spiro atoms. The molecule has 0 amide bonds. The maximum Gasteiger partial charge on any atom is 0.190 e. The van der Waals surface area contributed by atoms with Crippen molar-refractivity contribution >= 4 is 5.96 Å². The van der Waals surface area contributed by atoms with Crippen molar-refractivity contribution in [1.82, 2.24) is 10.6 Å². The molecule has 2 heterocycles. The number of guanidine groups is 1. The molecule has 0 radical (unpaired) electrons. The van der Waals surface area contributed by atoms with Crippen LogP contribution >= 0.6 is 0 Å². The maximum absolute atomic E-state index is 6.07. The Hall–Kier alpha value is -0.850. The fourth-order valence-electron chi connectivity index (χ4n) is 3.83. The van der Waals surface area contributed by atoms with Crippen molar-refractivity contribution in [1.29, 1.82) is 0 Å². The van der Waals surface area contributed by atoms with Crippen LogP contribution in [-0.2, 0) is 14.2 Å². The van der Waals surface area contributed by atoms with Gasteiger partial charge in [-0.2, -0.15) is 0 Å². The molecule has 2 N–H and O–H groups in total. The van der Waals surface area contributed by atoms with E-state index in [0.29, 0.717) is 18.1 Å². The Morgan fingerprint density at radius 2 is 1.88 bits per heavy atom. The minimum absolute atomic E-state index is 0.172. The summed E-state index contributed by atoms with van der Waals surface area (Å²) in [4.78, 5) is 4.34. The fraction of sp³-hybridized carbons (Fsp3) is 0.950. The molecule has 2 aliphatic heterocycles. The second kappa shape index (κ2) is 11.1. The summed E-state index contributed by atoms with van der Waals surface area (Å²) in [5.74, 6) is 1.40. The molecule has 0 aliphatic carbocycles. The Morgan fingerprint density at radius 3 is 2.58 bits per heavy atom. The zero-order chi connectivity index (χ0) is 18.8. The number of rotatable bonds is 7. The summed E-state index contributed by atoms with van der Waals surface area (Å²) in [6.45, 7) is 11.9. The van der Waals surface area contributed by atoms with Crippen molar-refractivity contribution in [3.05, 3.63) is 0 Å². The van der Waals surface area contributed by atoms with Crippen LogP contribution in [0.3, 0.4) is 0 Å². The van der Waals surface area contributed by atoms with Gasteiger partial charge in [0.1, 0.15) is 0 Å². The number of hydrogen-bond acceptors (Lipinski definition) is 4. The van der Waals surface area contributed by atoms with Gasteiger partial charge in [-0.15, -0.1) is 0 Å². The Morgan fingerprint density at radius 1 is 1.12 bits per heavy atom. The zero-order valence-electron chi connectivity index (χ0n) is 17.2. The van der Waals surface area contributed by atoms with Crippen molar-refractivity contribution in [2.45, 2.75) is 65.1 Å². The topological polar surface area (TPSA) is 64.1 Å². The number of aliphatic imine (C=N–C) groups is 1. The van der Waals surface area contributed by atoms with E-state index in [1.165, 1.54) is 6.42 Å². The molecule has 2 rings (SSSR count). The third-order valence-electron chi connectivity index (χ3n) is 5.19. The van der Waals surface area contributed by atoms with Gasteiger partial charge in [-0.25, -0.2) is 0 Å². The van der Waals surface area contributed by atoms with Crippen LogP contribution in [-0.4, -0.2) is 64.7 Å². The molecule has 2 unspecified atom stereocenters. The molecule has 6 nitrogen and oxygen atoms in total. The number of nitrogens with zero attached hydrogens (tertiary/aromatic N) is 1. The molecule has 26 heavy (non-hydrogen) atoms. The predicted molar refractivity (Wildman–Crippen MR) is 106 cm³/mol. The molecular formula is C20H39N3O3. The average molecular weight is 370 g/mol. The van der Waals surface area contributed by atoms with Gasteiger partial charge in [-0.1, -0.05) is 20.8 Å². The average Bonchev–Trinajstić information content (AvgIpc) is 2.64. The van der Waals surface area contributed by atoms with Gasteiger partial charge in [0.05, 0.1) is 12.2 Å². The van der Waals surface area contributed by atoms with E-state index < -0.39 is 0 Å². The Bertz CT molecular complexity index is 417. The SMILES string of the molecule is CN=C(NCCCOC1CCOCC1)NCC1CCCOC1C(C)(C)C. The van der Waals surface area contributed by atoms with E-state index in [1.54, 1.807) is 0 Å². The first-order valence-corrected chi connectivity index (χ1v) is 10.3. The van der Waals surface area contributed by atoms with Crippen molar-refractivity contribution < 1.29 is 14.2 Å². The molecule has 0 saturated carbocycles. The van der Waals surface area contributed by atoms with E-state index in [2.05, 4.69) is 36.4 Å². The van der Waals surface area contributed by atoms with Crippen LogP contribution in [0.15, 0.2) is 4.99 Å². The highest BCUT2D eigenvalue weighted by Gasteiger charge is 2.35. The molecule has 0 aromatic carbocycles. The fourth-order valence-corrected chi connectivity index (χ4v) is 3.83. The van der Waals surface area contributed by atoms with Gasteiger partial charge in [0.2, 0.25) is 0 Å². The zero-order valence-corrected chi connectivity index (χ0v) is 17.2. The minimum atomic E-state index is 0.172. The van der Waals surface area contributed by atoms with Crippen LogP contribution < -0.4 is 10.6 Å². The van der Waals surface area contributed by atoms with Crippen LogP contribution in [0.25, 0.3) is 0 Å².